The van der Waals surface area contributed by atoms with E-state index in [4.69, 9.17) is 4.74 Å². The summed E-state index contributed by atoms with van der Waals surface area (Å²) in [6, 6.07) is 7.17. The van der Waals surface area contributed by atoms with Crippen LogP contribution >= 0.6 is 0 Å². The Morgan fingerprint density at radius 2 is 1.85 bits per heavy atom. The Bertz CT molecular complexity index is 501. The molecule has 0 saturated heterocycles. The summed E-state index contributed by atoms with van der Waals surface area (Å²) in [5.74, 6) is -1.94. The molecule has 0 spiro atoms. The van der Waals surface area contributed by atoms with Gasteiger partial charge in [-0.25, -0.2) is 0 Å². The van der Waals surface area contributed by atoms with Gasteiger partial charge in [-0.2, -0.15) is 0 Å². The number of aliphatic carboxylic acids is 1. The second-order valence-corrected chi connectivity index (χ2v) is 4.07. The molecule has 0 aromatic heterocycles. The second kappa shape index (κ2) is 7.78. The summed E-state index contributed by atoms with van der Waals surface area (Å²) in [7, 11) is 0. The Balaban J connectivity index is 2.23. The molecule has 0 aliphatic rings. The maximum Gasteiger partial charge on any atom is 0.276 e. The van der Waals surface area contributed by atoms with Crippen molar-refractivity contribution in [2.75, 3.05) is 6.61 Å². The number of amides is 2. The van der Waals surface area contributed by atoms with Gasteiger partial charge in [-0.3, -0.25) is 20.4 Å². The molecule has 1 aromatic carbocycles. The number of hydrazine groups is 1. The average molecular weight is 279 g/mol. The van der Waals surface area contributed by atoms with Crippen LogP contribution in [0.25, 0.3) is 0 Å². The lowest BCUT2D eigenvalue weighted by atomic mass is 10.2. The third-order valence-electron chi connectivity index (χ3n) is 2.26. The molecule has 0 aliphatic heterocycles. The van der Waals surface area contributed by atoms with Crippen molar-refractivity contribution in [3.8, 4) is 5.75 Å². The number of carbonyl (C=O) groups is 3. The predicted molar refractivity (Wildman–Crippen MR) is 67.2 cm³/mol. The van der Waals surface area contributed by atoms with E-state index in [9.17, 15) is 19.5 Å². The van der Waals surface area contributed by atoms with Crippen LogP contribution in [0.1, 0.15) is 18.4 Å². The van der Waals surface area contributed by atoms with Gasteiger partial charge in [0.1, 0.15) is 5.75 Å². The fraction of sp³-hybridized carbons (Fsp3) is 0.308. The number of ether oxygens (including phenoxy) is 1. The third kappa shape index (κ3) is 6.39. The molecule has 7 heteroatoms. The number of carboxylic acid groups (broad SMARTS) is 1. The number of benzene rings is 1. The summed E-state index contributed by atoms with van der Waals surface area (Å²) in [6.07, 6.45) is -0.664. The van der Waals surface area contributed by atoms with Gasteiger partial charge in [0.15, 0.2) is 6.61 Å². The molecule has 0 radical (unpaired) electrons. The summed E-state index contributed by atoms with van der Waals surface area (Å²) >= 11 is 0. The zero-order valence-electron chi connectivity index (χ0n) is 11.0. The van der Waals surface area contributed by atoms with Crippen LogP contribution in [-0.2, 0) is 14.4 Å². The molecule has 0 fully saturated rings. The van der Waals surface area contributed by atoms with Gasteiger partial charge in [0.25, 0.3) is 5.91 Å². The predicted octanol–water partition coefficient (Wildman–Crippen LogP) is -0.949. The average Bonchev–Trinajstić information content (AvgIpc) is 2.40. The fourth-order valence-corrected chi connectivity index (χ4v) is 1.31. The number of hydrogen-bond acceptors (Lipinski definition) is 5. The molecule has 7 nitrogen and oxygen atoms in total. The third-order valence-corrected chi connectivity index (χ3v) is 2.26. The standard InChI is InChI=1S/C13H16N2O5/c1-9-3-2-4-10(7-9)20-8-12(17)15-14-11(16)5-6-13(18)19/h2-4,7H,5-6,8H2,1H3,(H,14,16)(H,15,17)(H,18,19)/p-1. The van der Waals surface area contributed by atoms with Crippen molar-refractivity contribution in [2.24, 2.45) is 0 Å². The molecular weight excluding hydrogens is 264 g/mol. The Labute approximate surface area is 115 Å². The van der Waals surface area contributed by atoms with Crippen LogP contribution in [0.5, 0.6) is 5.75 Å². The number of aryl methyl sites for hydroxylation is 1. The van der Waals surface area contributed by atoms with Crippen LogP contribution in [0, 0.1) is 6.92 Å². The fourth-order valence-electron chi connectivity index (χ4n) is 1.31. The second-order valence-electron chi connectivity index (χ2n) is 4.07. The number of carboxylic acids is 1. The molecule has 2 N–H and O–H groups in total. The molecule has 2 amide bonds. The minimum Gasteiger partial charge on any atom is -0.550 e. The van der Waals surface area contributed by atoms with Crippen LogP contribution in [0.15, 0.2) is 24.3 Å². The Hall–Kier alpha value is -2.57. The van der Waals surface area contributed by atoms with Crippen molar-refractivity contribution in [1.29, 1.82) is 0 Å². The van der Waals surface area contributed by atoms with Crippen molar-refractivity contribution in [3.63, 3.8) is 0 Å². The molecule has 0 unspecified atom stereocenters. The van der Waals surface area contributed by atoms with E-state index in [1.54, 1.807) is 18.2 Å². The maximum absolute atomic E-state index is 11.4. The lowest BCUT2D eigenvalue weighted by molar-refractivity contribution is -0.305. The molecule has 0 atom stereocenters. The monoisotopic (exact) mass is 279 g/mol. The molecule has 0 bridgehead atoms. The quantitative estimate of drug-likeness (QED) is 0.653. The lowest BCUT2D eigenvalue weighted by Crippen LogP contribution is -2.44. The van der Waals surface area contributed by atoms with E-state index < -0.39 is 24.2 Å². The minimum absolute atomic E-state index is 0.260. The topological polar surface area (TPSA) is 108 Å². The molecule has 0 aliphatic carbocycles. The van der Waals surface area contributed by atoms with Gasteiger partial charge in [0.2, 0.25) is 5.91 Å². The van der Waals surface area contributed by atoms with Crippen LogP contribution in [-0.4, -0.2) is 24.4 Å². The minimum atomic E-state index is -1.32. The van der Waals surface area contributed by atoms with E-state index in [0.29, 0.717) is 5.75 Å². The van der Waals surface area contributed by atoms with E-state index >= 15 is 0 Å². The van der Waals surface area contributed by atoms with Crippen molar-refractivity contribution in [3.05, 3.63) is 29.8 Å². The van der Waals surface area contributed by atoms with Crippen LogP contribution in [0.4, 0.5) is 0 Å². The van der Waals surface area contributed by atoms with Gasteiger partial charge < -0.3 is 14.6 Å². The Morgan fingerprint density at radius 3 is 2.50 bits per heavy atom. The summed E-state index contributed by atoms with van der Waals surface area (Å²) in [5, 5.41) is 10.1. The first kappa shape index (κ1) is 15.5. The van der Waals surface area contributed by atoms with Crippen molar-refractivity contribution < 1.29 is 24.2 Å². The Kier molecular flexibility index (Phi) is 6.02. The number of hydrogen-bond donors (Lipinski definition) is 2. The van der Waals surface area contributed by atoms with E-state index in [1.165, 1.54) is 0 Å². The number of carbonyl (C=O) groups excluding carboxylic acids is 3. The van der Waals surface area contributed by atoms with E-state index in [0.717, 1.165) is 5.56 Å². The molecule has 1 aromatic rings. The number of nitrogens with one attached hydrogen (secondary N) is 2. The van der Waals surface area contributed by atoms with Crippen molar-refractivity contribution >= 4 is 17.8 Å². The van der Waals surface area contributed by atoms with E-state index in [1.807, 2.05) is 13.0 Å². The van der Waals surface area contributed by atoms with Crippen LogP contribution < -0.4 is 20.7 Å². The van der Waals surface area contributed by atoms with Gasteiger partial charge in [0, 0.05) is 12.4 Å². The normalized spacial score (nSPS) is 9.65. The molecule has 0 heterocycles. The lowest BCUT2D eigenvalue weighted by Gasteiger charge is -2.09. The Morgan fingerprint density at radius 1 is 1.15 bits per heavy atom. The van der Waals surface area contributed by atoms with E-state index in [-0.39, 0.29) is 13.0 Å². The molecular formula is C13H15N2O5-. The molecule has 20 heavy (non-hydrogen) atoms. The summed E-state index contributed by atoms with van der Waals surface area (Å²) < 4.78 is 5.21. The van der Waals surface area contributed by atoms with Crippen molar-refractivity contribution in [1.82, 2.24) is 10.9 Å². The first-order valence-corrected chi connectivity index (χ1v) is 5.94. The SMILES string of the molecule is Cc1cccc(OCC(=O)NNC(=O)CCC(=O)[O-])c1. The van der Waals surface area contributed by atoms with Gasteiger partial charge in [-0.15, -0.1) is 0 Å². The van der Waals surface area contributed by atoms with Gasteiger partial charge in [0.05, 0.1) is 0 Å². The molecule has 0 saturated carbocycles. The molecule has 108 valence electrons. The maximum atomic E-state index is 11.4. The molecule has 1 rings (SSSR count). The van der Waals surface area contributed by atoms with Crippen molar-refractivity contribution in [2.45, 2.75) is 19.8 Å². The summed E-state index contributed by atoms with van der Waals surface area (Å²) in [6.45, 7) is 1.63. The highest BCUT2D eigenvalue weighted by atomic mass is 16.5. The smallest absolute Gasteiger partial charge is 0.276 e. The van der Waals surface area contributed by atoms with Gasteiger partial charge in [-0.05, 0) is 31.0 Å². The van der Waals surface area contributed by atoms with Gasteiger partial charge >= 0.3 is 0 Å². The summed E-state index contributed by atoms with van der Waals surface area (Å²) in [5.41, 5.74) is 5.19. The first-order chi connectivity index (χ1) is 9.47. The highest BCUT2D eigenvalue weighted by Crippen LogP contribution is 2.11. The summed E-state index contributed by atoms with van der Waals surface area (Å²) in [4.78, 5) is 32.6. The first-order valence-electron chi connectivity index (χ1n) is 5.94. The van der Waals surface area contributed by atoms with Crippen LogP contribution in [0.2, 0.25) is 0 Å². The van der Waals surface area contributed by atoms with E-state index in [2.05, 4.69) is 10.9 Å². The highest BCUT2D eigenvalue weighted by Gasteiger charge is 2.05. The van der Waals surface area contributed by atoms with Gasteiger partial charge in [-0.1, -0.05) is 12.1 Å². The van der Waals surface area contributed by atoms with Crippen LogP contribution in [0.3, 0.4) is 0 Å². The zero-order chi connectivity index (χ0) is 15.0. The highest BCUT2D eigenvalue weighted by molar-refractivity contribution is 5.84. The number of rotatable bonds is 6. The zero-order valence-corrected chi connectivity index (χ0v) is 11.0. The largest absolute Gasteiger partial charge is 0.550 e.